The van der Waals surface area contributed by atoms with E-state index in [2.05, 4.69) is 72.6 Å². The third-order valence-electron chi connectivity index (χ3n) is 5.65. The van der Waals surface area contributed by atoms with Crippen LogP contribution in [-0.4, -0.2) is 16.3 Å². The van der Waals surface area contributed by atoms with Crippen molar-refractivity contribution in [2.75, 3.05) is 6.54 Å². The normalized spacial score (nSPS) is 20.4. The van der Waals surface area contributed by atoms with Crippen molar-refractivity contribution in [1.29, 1.82) is 0 Å². The Hall–Kier alpha value is -0.350. The van der Waals surface area contributed by atoms with Crippen molar-refractivity contribution in [3.05, 3.63) is 15.9 Å². The van der Waals surface area contributed by atoms with Gasteiger partial charge in [-0.15, -0.1) is 0 Å². The number of nitrogens with one attached hydrogen (secondary N) is 1. The number of halogens is 1. The topological polar surface area (TPSA) is 29.9 Å². The van der Waals surface area contributed by atoms with Gasteiger partial charge < -0.3 is 5.32 Å². The highest BCUT2D eigenvalue weighted by atomic mass is 79.9. The van der Waals surface area contributed by atoms with Gasteiger partial charge in [0.05, 0.1) is 15.9 Å². The van der Waals surface area contributed by atoms with E-state index in [1.165, 1.54) is 10.2 Å². The molecule has 0 spiro atoms. The van der Waals surface area contributed by atoms with Gasteiger partial charge in [-0.05, 0) is 52.6 Å². The summed E-state index contributed by atoms with van der Waals surface area (Å²) in [5, 5.41) is 8.28. The first-order valence-corrected chi connectivity index (χ1v) is 8.51. The zero-order chi connectivity index (χ0) is 15.1. The van der Waals surface area contributed by atoms with Crippen molar-refractivity contribution >= 4 is 15.9 Å². The SMILES string of the molecule is CCc1nn(CC)c(CNCC2C(C)(C)C2(C)C)c1Br. The number of hydrogen-bond donors (Lipinski definition) is 1. The average Bonchev–Trinajstić information content (AvgIpc) is 2.67. The van der Waals surface area contributed by atoms with Crippen molar-refractivity contribution in [3.63, 3.8) is 0 Å². The van der Waals surface area contributed by atoms with Crippen LogP contribution in [0.4, 0.5) is 0 Å². The van der Waals surface area contributed by atoms with Crippen LogP contribution >= 0.6 is 15.9 Å². The summed E-state index contributed by atoms with van der Waals surface area (Å²) >= 11 is 3.71. The minimum absolute atomic E-state index is 0.455. The van der Waals surface area contributed by atoms with Crippen LogP contribution in [0.2, 0.25) is 0 Å². The van der Waals surface area contributed by atoms with Gasteiger partial charge in [0.1, 0.15) is 0 Å². The third-order valence-corrected chi connectivity index (χ3v) is 6.57. The molecule has 4 heteroatoms. The van der Waals surface area contributed by atoms with E-state index >= 15 is 0 Å². The van der Waals surface area contributed by atoms with Gasteiger partial charge in [-0.2, -0.15) is 5.10 Å². The second kappa shape index (κ2) is 5.45. The molecule has 0 radical (unpaired) electrons. The highest BCUT2D eigenvalue weighted by Gasteiger charge is 2.63. The van der Waals surface area contributed by atoms with E-state index in [1.807, 2.05) is 0 Å². The Morgan fingerprint density at radius 2 is 1.80 bits per heavy atom. The molecule has 114 valence electrons. The molecule has 0 saturated heterocycles. The lowest BCUT2D eigenvalue weighted by Gasteiger charge is -2.08. The maximum atomic E-state index is 4.65. The molecule has 3 nitrogen and oxygen atoms in total. The van der Waals surface area contributed by atoms with E-state index in [9.17, 15) is 0 Å². The van der Waals surface area contributed by atoms with Crippen molar-refractivity contribution < 1.29 is 0 Å². The summed E-state index contributed by atoms with van der Waals surface area (Å²) in [7, 11) is 0. The molecule has 0 atom stereocenters. The molecule has 0 amide bonds. The Morgan fingerprint density at radius 1 is 1.20 bits per heavy atom. The van der Waals surface area contributed by atoms with Gasteiger partial charge in [0.2, 0.25) is 0 Å². The van der Waals surface area contributed by atoms with Crippen molar-refractivity contribution in [2.45, 2.75) is 61.1 Å². The van der Waals surface area contributed by atoms with Crippen LogP contribution in [0.3, 0.4) is 0 Å². The maximum absolute atomic E-state index is 4.65. The standard InChI is InChI=1S/C16H28BrN3/c1-7-11-14(17)12(20(8-2)19-11)9-18-10-13-15(3,4)16(13,5)6/h13,18H,7-10H2,1-6H3. The van der Waals surface area contributed by atoms with E-state index in [-0.39, 0.29) is 0 Å². The zero-order valence-electron chi connectivity index (χ0n) is 13.7. The summed E-state index contributed by atoms with van der Waals surface area (Å²) in [5.41, 5.74) is 3.35. The number of rotatable bonds is 6. The van der Waals surface area contributed by atoms with Crippen molar-refractivity contribution in [2.24, 2.45) is 16.7 Å². The smallest absolute Gasteiger partial charge is 0.0767 e. The van der Waals surface area contributed by atoms with E-state index in [0.717, 1.165) is 37.7 Å². The Bertz CT molecular complexity index is 474. The summed E-state index contributed by atoms with van der Waals surface area (Å²) in [6.07, 6.45) is 0.975. The fourth-order valence-electron chi connectivity index (χ4n) is 3.36. The molecular weight excluding hydrogens is 314 g/mol. The Balaban J connectivity index is 1.97. The first-order chi connectivity index (χ1) is 9.27. The molecule has 1 aromatic heterocycles. The van der Waals surface area contributed by atoms with E-state index in [1.54, 1.807) is 0 Å². The van der Waals surface area contributed by atoms with Crippen molar-refractivity contribution in [3.8, 4) is 0 Å². The van der Waals surface area contributed by atoms with E-state index in [4.69, 9.17) is 0 Å². The van der Waals surface area contributed by atoms with Gasteiger partial charge in [-0.25, -0.2) is 0 Å². The molecule has 1 aliphatic rings. The summed E-state index contributed by atoms with van der Waals surface area (Å²) in [5.74, 6) is 0.761. The molecule has 1 heterocycles. The maximum Gasteiger partial charge on any atom is 0.0767 e. The molecule has 0 aromatic carbocycles. The lowest BCUT2D eigenvalue weighted by Crippen LogP contribution is -2.21. The monoisotopic (exact) mass is 341 g/mol. The molecule has 1 saturated carbocycles. The summed E-state index contributed by atoms with van der Waals surface area (Å²) < 4.78 is 3.29. The predicted octanol–water partition coefficient (Wildman–Crippen LogP) is 4.00. The molecule has 0 aliphatic heterocycles. The second-order valence-corrected chi connectivity index (χ2v) is 7.80. The molecule has 20 heavy (non-hydrogen) atoms. The number of nitrogens with zero attached hydrogens (tertiary/aromatic N) is 2. The minimum atomic E-state index is 0.455. The van der Waals surface area contributed by atoms with Gasteiger partial charge in [0.15, 0.2) is 0 Å². The molecule has 1 fully saturated rings. The van der Waals surface area contributed by atoms with Crippen LogP contribution in [0.15, 0.2) is 4.47 Å². The lowest BCUT2D eigenvalue weighted by molar-refractivity contribution is 0.457. The fraction of sp³-hybridized carbons (Fsp3) is 0.812. The Kier molecular flexibility index (Phi) is 4.37. The van der Waals surface area contributed by atoms with E-state index in [0.29, 0.717) is 10.8 Å². The van der Waals surface area contributed by atoms with Gasteiger partial charge in [0, 0.05) is 13.1 Å². The van der Waals surface area contributed by atoms with Crippen LogP contribution in [0.1, 0.15) is 52.9 Å². The minimum Gasteiger partial charge on any atom is -0.311 e. The molecule has 0 bridgehead atoms. The number of aryl methyl sites for hydroxylation is 2. The van der Waals surface area contributed by atoms with Gasteiger partial charge in [0.25, 0.3) is 0 Å². The molecule has 1 aliphatic carbocycles. The number of aromatic nitrogens is 2. The third kappa shape index (κ3) is 2.45. The lowest BCUT2D eigenvalue weighted by atomic mass is 10.0. The number of hydrogen-bond acceptors (Lipinski definition) is 2. The van der Waals surface area contributed by atoms with Crippen LogP contribution < -0.4 is 5.32 Å². The highest BCUT2D eigenvalue weighted by Crippen LogP contribution is 2.67. The average molecular weight is 342 g/mol. The van der Waals surface area contributed by atoms with Crippen LogP contribution in [-0.2, 0) is 19.5 Å². The van der Waals surface area contributed by atoms with Crippen molar-refractivity contribution in [1.82, 2.24) is 15.1 Å². The first kappa shape index (κ1) is 16.0. The van der Waals surface area contributed by atoms with E-state index < -0.39 is 0 Å². The Labute approximate surface area is 131 Å². The molecule has 0 unspecified atom stereocenters. The van der Waals surface area contributed by atoms with Crippen LogP contribution in [0.5, 0.6) is 0 Å². The van der Waals surface area contributed by atoms with Crippen LogP contribution in [0, 0.1) is 16.7 Å². The van der Waals surface area contributed by atoms with Gasteiger partial charge in [-0.1, -0.05) is 34.6 Å². The van der Waals surface area contributed by atoms with Gasteiger partial charge in [-0.3, -0.25) is 4.68 Å². The largest absolute Gasteiger partial charge is 0.311 e. The Morgan fingerprint density at radius 3 is 2.25 bits per heavy atom. The quantitative estimate of drug-likeness (QED) is 0.847. The molecular formula is C16H28BrN3. The molecule has 1 N–H and O–H groups in total. The summed E-state index contributed by atoms with van der Waals surface area (Å²) in [4.78, 5) is 0. The molecule has 1 aromatic rings. The first-order valence-electron chi connectivity index (χ1n) is 7.72. The highest BCUT2D eigenvalue weighted by molar-refractivity contribution is 9.10. The predicted molar refractivity (Wildman–Crippen MR) is 87.7 cm³/mol. The second-order valence-electron chi connectivity index (χ2n) is 7.00. The fourth-order valence-corrected chi connectivity index (χ4v) is 4.07. The summed E-state index contributed by atoms with van der Waals surface area (Å²) in [6, 6.07) is 0. The van der Waals surface area contributed by atoms with Gasteiger partial charge >= 0.3 is 0 Å². The van der Waals surface area contributed by atoms with Crippen LogP contribution in [0.25, 0.3) is 0 Å². The zero-order valence-corrected chi connectivity index (χ0v) is 15.3. The molecule has 2 rings (SSSR count). The summed E-state index contributed by atoms with van der Waals surface area (Å²) in [6.45, 7) is 16.7.